The van der Waals surface area contributed by atoms with Crippen LogP contribution in [0.3, 0.4) is 0 Å². The van der Waals surface area contributed by atoms with Crippen molar-refractivity contribution in [3.05, 3.63) is 77.3 Å². The molecule has 0 radical (unpaired) electrons. The van der Waals surface area contributed by atoms with Crippen molar-refractivity contribution in [1.82, 2.24) is 0 Å². The third kappa shape index (κ3) is 8.28. The van der Waals surface area contributed by atoms with E-state index in [1.54, 1.807) is 53.4 Å². The predicted octanol–water partition coefficient (Wildman–Crippen LogP) is 5.35. The second kappa shape index (κ2) is 14.3. The largest absolute Gasteiger partial charge is 0.494 e. The van der Waals surface area contributed by atoms with Gasteiger partial charge in [-0.15, -0.1) is 0 Å². The van der Waals surface area contributed by atoms with Crippen LogP contribution in [0.25, 0.3) is 0 Å². The van der Waals surface area contributed by atoms with Crippen LogP contribution >= 0.6 is 11.6 Å². The van der Waals surface area contributed by atoms with Crippen LogP contribution in [0, 0.1) is 0 Å². The summed E-state index contributed by atoms with van der Waals surface area (Å²) in [4.78, 5) is 37.4. The van der Waals surface area contributed by atoms with Crippen molar-refractivity contribution in [3.8, 4) is 17.2 Å². The van der Waals surface area contributed by atoms with E-state index < -0.39 is 23.9 Å². The van der Waals surface area contributed by atoms with Gasteiger partial charge in [0.2, 0.25) is 6.10 Å². The van der Waals surface area contributed by atoms with E-state index in [4.69, 9.17) is 30.9 Å². The van der Waals surface area contributed by atoms with Crippen LogP contribution in [0.4, 0.5) is 11.4 Å². The molecule has 1 unspecified atom stereocenters. The summed E-state index contributed by atoms with van der Waals surface area (Å²) in [5.41, 5.74) is 1.29. The van der Waals surface area contributed by atoms with Crippen LogP contribution in [0.15, 0.2) is 66.7 Å². The summed E-state index contributed by atoms with van der Waals surface area (Å²) in [6.07, 6.45) is 0.691. The highest BCUT2D eigenvalue weighted by Gasteiger charge is 2.32. The number of hydrogen-bond acceptors (Lipinski definition) is 7. The Morgan fingerprint density at radius 1 is 0.927 bits per heavy atom. The maximum absolute atomic E-state index is 13.0. The van der Waals surface area contributed by atoms with Crippen LogP contribution in [-0.2, 0) is 9.59 Å². The van der Waals surface area contributed by atoms with Crippen molar-refractivity contribution in [2.75, 3.05) is 36.5 Å². The van der Waals surface area contributed by atoms with E-state index in [1.807, 2.05) is 18.2 Å². The fourth-order valence-electron chi connectivity index (χ4n) is 4.27. The molecule has 3 N–H and O–H groups in total. The highest BCUT2D eigenvalue weighted by molar-refractivity contribution is 6.32. The number of hydrogen-bond donors (Lipinski definition) is 3. The second-order valence-corrected chi connectivity index (χ2v) is 9.76. The number of rotatable bonds is 14. The summed E-state index contributed by atoms with van der Waals surface area (Å²) in [5, 5.41) is 21.9. The molecule has 1 atom stereocenters. The standard InChI is InChI=1S/C30H31ClN2O8/c31-22-7-1-2-10-25(22)40-18-4-3-17-39-21-14-12-20(13-15-21)29(36)32-23-8-5-9-24-28(23)41-26(30(37)38)19-33(24)16-6-11-27(34)35/h1-2,5,7-10,12-15,26H,3-4,6,11,16-19H2,(H,32,36)(H,34,35)(H,37,38). The average Bonchev–Trinajstić information content (AvgIpc) is 2.96. The van der Waals surface area contributed by atoms with Gasteiger partial charge in [0, 0.05) is 18.5 Å². The van der Waals surface area contributed by atoms with Crippen molar-refractivity contribution in [1.29, 1.82) is 0 Å². The summed E-state index contributed by atoms with van der Waals surface area (Å²) >= 11 is 6.08. The first-order valence-corrected chi connectivity index (χ1v) is 13.6. The number of benzene rings is 3. The van der Waals surface area contributed by atoms with Gasteiger partial charge in [-0.1, -0.05) is 29.8 Å². The van der Waals surface area contributed by atoms with Crippen LogP contribution in [0.1, 0.15) is 36.0 Å². The van der Waals surface area contributed by atoms with E-state index >= 15 is 0 Å². The molecule has 0 fully saturated rings. The molecule has 0 aliphatic carbocycles. The van der Waals surface area contributed by atoms with Crippen molar-refractivity contribution < 1.29 is 38.8 Å². The monoisotopic (exact) mass is 582 g/mol. The quantitative estimate of drug-likeness (QED) is 0.215. The number of carbonyl (C=O) groups is 3. The van der Waals surface area contributed by atoms with Crippen molar-refractivity contribution in [3.63, 3.8) is 0 Å². The number of aliphatic carboxylic acids is 2. The number of carboxylic acid groups (broad SMARTS) is 2. The van der Waals surface area contributed by atoms with Crippen LogP contribution in [0.2, 0.25) is 5.02 Å². The molecule has 1 heterocycles. The molecule has 4 rings (SSSR count). The first-order valence-electron chi connectivity index (χ1n) is 13.2. The van der Waals surface area contributed by atoms with E-state index in [-0.39, 0.29) is 18.7 Å². The first-order chi connectivity index (χ1) is 19.8. The van der Waals surface area contributed by atoms with Gasteiger partial charge >= 0.3 is 11.9 Å². The van der Waals surface area contributed by atoms with E-state index in [1.165, 1.54) is 0 Å². The minimum atomic E-state index is -1.16. The van der Waals surface area contributed by atoms with Crippen LogP contribution in [-0.4, -0.2) is 60.5 Å². The maximum atomic E-state index is 13.0. The molecule has 0 saturated heterocycles. The molecule has 10 nitrogen and oxygen atoms in total. The van der Waals surface area contributed by atoms with Crippen molar-refractivity contribution in [2.45, 2.75) is 31.8 Å². The van der Waals surface area contributed by atoms with E-state index in [0.29, 0.717) is 59.6 Å². The Hall–Kier alpha value is -4.44. The molecule has 3 aromatic carbocycles. The molecule has 0 saturated carbocycles. The summed E-state index contributed by atoms with van der Waals surface area (Å²) in [6.45, 7) is 1.40. The summed E-state index contributed by atoms with van der Waals surface area (Å²) < 4.78 is 17.2. The topological polar surface area (TPSA) is 135 Å². The van der Waals surface area contributed by atoms with Crippen LogP contribution < -0.4 is 24.4 Å². The highest BCUT2D eigenvalue weighted by atomic mass is 35.5. The molecular weight excluding hydrogens is 552 g/mol. The van der Waals surface area contributed by atoms with Gasteiger partial charge in [0.15, 0.2) is 5.75 Å². The SMILES string of the molecule is O=C(O)CCCN1CC(C(=O)O)Oc2c(NC(=O)c3ccc(OCCCCOc4ccccc4Cl)cc3)cccc21. The molecule has 1 aliphatic rings. The zero-order valence-corrected chi connectivity index (χ0v) is 23.0. The van der Waals surface area contributed by atoms with E-state index in [9.17, 15) is 19.5 Å². The number of halogens is 1. The lowest BCUT2D eigenvalue weighted by molar-refractivity contribution is -0.145. The predicted molar refractivity (Wildman–Crippen MR) is 154 cm³/mol. The molecule has 1 aliphatic heterocycles. The van der Waals surface area contributed by atoms with Crippen LogP contribution in [0.5, 0.6) is 17.2 Å². The number of fused-ring (bicyclic) bond motifs is 1. The van der Waals surface area contributed by atoms with Crippen molar-refractivity contribution in [2.24, 2.45) is 0 Å². The second-order valence-electron chi connectivity index (χ2n) is 9.35. The van der Waals surface area contributed by atoms with Gasteiger partial charge in [0.1, 0.15) is 11.5 Å². The van der Waals surface area contributed by atoms with Gasteiger partial charge in [0.05, 0.1) is 36.2 Å². The molecule has 0 aromatic heterocycles. The summed E-state index contributed by atoms with van der Waals surface area (Å²) in [7, 11) is 0. The van der Waals surface area contributed by atoms with E-state index in [2.05, 4.69) is 5.32 Å². The third-order valence-corrected chi connectivity index (χ3v) is 6.65. The molecule has 0 spiro atoms. The first kappa shape index (κ1) is 29.5. The lowest BCUT2D eigenvalue weighted by atomic mass is 10.1. The Morgan fingerprint density at radius 3 is 2.37 bits per heavy atom. The number of ether oxygens (including phenoxy) is 3. The molecule has 3 aromatic rings. The maximum Gasteiger partial charge on any atom is 0.346 e. The van der Waals surface area contributed by atoms with Gasteiger partial charge in [-0.2, -0.15) is 0 Å². The smallest absolute Gasteiger partial charge is 0.346 e. The minimum Gasteiger partial charge on any atom is -0.494 e. The summed E-state index contributed by atoms with van der Waals surface area (Å²) in [5.74, 6) is -0.973. The van der Waals surface area contributed by atoms with Gasteiger partial charge in [-0.25, -0.2) is 4.79 Å². The summed E-state index contributed by atoms with van der Waals surface area (Å²) in [6, 6.07) is 19.1. The number of carboxylic acids is 2. The number of anilines is 2. The van der Waals surface area contributed by atoms with Gasteiger partial charge < -0.3 is 34.6 Å². The molecule has 1 amide bonds. The Morgan fingerprint density at radius 2 is 1.66 bits per heavy atom. The molecule has 11 heteroatoms. The fraction of sp³-hybridized carbons (Fsp3) is 0.300. The normalized spacial score (nSPS) is 14.0. The number of para-hydroxylation sites is 2. The molecule has 0 bridgehead atoms. The number of unbranched alkanes of at least 4 members (excludes halogenated alkanes) is 1. The Labute approximate surface area is 242 Å². The van der Waals surface area contributed by atoms with E-state index in [0.717, 1.165) is 12.8 Å². The minimum absolute atomic E-state index is 0.0431. The molecule has 216 valence electrons. The Bertz CT molecular complexity index is 1360. The zero-order valence-electron chi connectivity index (χ0n) is 22.3. The fourth-order valence-corrected chi connectivity index (χ4v) is 4.46. The lowest BCUT2D eigenvalue weighted by Crippen LogP contribution is -2.45. The third-order valence-electron chi connectivity index (χ3n) is 6.34. The number of amides is 1. The van der Waals surface area contributed by atoms with Gasteiger partial charge in [0.25, 0.3) is 5.91 Å². The Kier molecular flexibility index (Phi) is 10.3. The molecule has 41 heavy (non-hydrogen) atoms. The van der Waals surface area contributed by atoms with Crippen molar-refractivity contribution >= 4 is 40.8 Å². The number of carbonyl (C=O) groups excluding carboxylic acids is 1. The molecular formula is C30H31ClN2O8. The zero-order chi connectivity index (χ0) is 29.2. The lowest BCUT2D eigenvalue weighted by Gasteiger charge is -2.35. The average molecular weight is 583 g/mol. The highest BCUT2D eigenvalue weighted by Crippen LogP contribution is 2.40. The van der Waals surface area contributed by atoms with Gasteiger partial charge in [-0.05, 0) is 67.8 Å². The van der Waals surface area contributed by atoms with Gasteiger partial charge in [-0.3, -0.25) is 9.59 Å². The Balaban J connectivity index is 1.31. The number of nitrogens with one attached hydrogen (secondary N) is 1. The number of nitrogens with zero attached hydrogens (tertiary/aromatic N) is 1.